The molecule has 2 aliphatic carbocycles. The van der Waals surface area contributed by atoms with Crippen LogP contribution in [-0.2, 0) is 11.2 Å². The maximum atomic E-state index is 14.4. The Kier molecular flexibility index (Phi) is 7.01. The number of hydrogen-bond acceptors (Lipinski definition) is 3. The van der Waals surface area contributed by atoms with Crippen molar-refractivity contribution in [3.63, 3.8) is 0 Å². The molecule has 2 aromatic rings. The zero-order chi connectivity index (χ0) is 23.5. The summed E-state index contributed by atoms with van der Waals surface area (Å²) in [7, 11) is 0. The summed E-state index contributed by atoms with van der Waals surface area (Å²) < 4.78 is 14.4. The molecule has 2 aromatic carbocycles. The van der Waals surface area contributed by atoms with Gasteiger partial charge in [-0.05, 0) is 43.2 Å². The van der Waals surface area contributed by atoms with Crippen molar-refractivity contribution in [3.8, 4) is 0 Å². The van der Waals surface area contributed by atoms with E-state index in [-0.39, 0.29) is 28.8 Å². The van der Waals surface area contributed by atoms with Crippen molar-refractivity contribution in [1.29, 1.82) is 0 Å². The first kappa shape index (κ1) is 23.5. The van der Waals surface area contributed by atoms with Gasteiger partial charge in [-0.2, -0.15) is 0 Å². The summed E-state index contributed by atoms with van der Waals surface area (Å²) in [5, 5.41) is 10.8. The standard InChI is InChI=1S/C28H35ClFN3O/c29-22-16-24-25(17-23(22)30)33-28(32-24,18-19-10-4-1-5-11-19)26(20-12-6-2-7-13-20)27(34)31-21-14-8-3-9-15-21/h1,4-5,10-11,16-17,20-21,26,32-33H,2-3,6-9,12-15,18H2,(H,31,34). The van der Waals surface area contributed by atoms with E-state index >= 15 is 0 Å². The second-order valence-corrected chi connectivity index (χ2v) is 10.8. The fraction of sp³-hybridized carbons (Fsp3) is 0.536. The van der Waals surface area contributed by atoms with Crippen LogP contribution in [0.1, 0.15) is 69.8 Å². The van der Waals surface area contributed by atoms with Gasteiger partial charge in [-0.15, -0.1) is 0 Å². The minimum absolute atomic E-state index is 0.0874. The topological polar surface area (TPSA) is 53.2 Å². The summed E-state index contributed by atoms with van der Waals surface area (Å²) in [6.07, 6.45) is 11.9. The van der Waals surface area contributed by atoms with Gasteiger partial charge < -0.3 is 16.0 Å². The number of nitrogens with one attached hydrogen (secondary N) is 3. The first-order chi connectivity index (χ1) is 16.5. The predicted octanol–water partition coefficient (Wildman–Crippen LogP) is 6.90. The van der Waals surface area contributed by atoms with Gasteiger partial charge in [0.2, 0.25) is 5.91 Å². The summed E-state index contributed by atoms with van der Waals surface area (Å²) in [4.78, 5) is 14.1. The number of anilines is 2. The van der Waals surface area contributed by atoms with Crippen molar-refractivity contribution < 1.29 is 9.18 Å². The molecule has 1 aliphatic heterocycles. The fourth-order valence-corrected chi connectivity index (χ4v) is 6.55. The number of halogens is 2. The molecule has 5 rings (SSSR count). The maximum Gasteiger partial charge on any atom is 0.227 e. The van der Waals surface area contributed by atoms with Crippen LogP contribution in [0.4, 0.5) is 15.8 Å². The van der Waals surface area contributed by atoms with Gasteiger partial charge in [0, 0.05) is 18.5 Å². The van der Waals surface area contributed by atoms with E-state index in [1.165, 1.54) is 31.7 Å². The first-order valence-corrected chi connectivity index (χ1v) is 13.3. The summed E-state index contributed by atoms with van der Waals surface area (Å²) >= 11 is 6.14. The van der Waals surface area contributed by atoms with E-state index in [0.29, 0.717) is 12.1 Å². The Morgan fingerprint density at radius 2 is 1.59 bits per heavy atom. The van der Waals surface area contributed by atoms with E-state index in [2.05, 4.69) is 28.1 Å². The SMILES string of the molecule is O=C(NC1CCCCC1)C(C1CCCCC1)C1(Cc2ccccc2)Nc2cc(F)c(Cl)cc2N1. The predicted molar refractivity (Wildman–Crippen MR) is 137 cm³/mol. The Bertz CT molecular complexity index is 971. The number of benzene rings is 2. The fourth-order valence-electron chi connectivity index (χ4n) is 6.38. The van der Waals surface area contributed by atoms with Crippen molar-refractivity contribution >= 4 is 28.9 Å². The molecule has 1 amide bonds. The van der Waals surface area contributed by atoms with Crippen molar-refractivity contribution in [3.05, 3.63) is 58.9 Å². The zero-order valence-corrected chi connectivity index (χ0v) is 20.5. The molecule has 6 heteroatoms. The number of hydrogen-bond donors (Lipinski definition) is 3. The molecule has 34 heavy (non-hydrogen) atoms. The molecule has 0 saturated heterocycles. The molecule has 2 atom stereocenters. The zero-order valence-electron chi connectivity index (χ0n) is 19.7. The third-order valence-electron chi connectivity index (χ3n) is 7.99. The van der Waals surface area contributed by atoms with Crippen molar-refractivity contribution in [2.24, 2.45) is 11.8 Å². The van der Waals surface area contributed by atoms with Crippen molar-refractivity contribution in [2.75, 3.05) is 10.6 Å². The van der Waals surface area contributed by atoms with E-state index in [1.54, 1.807) is 6.07 Å². The number of rotatable bonds is 6. The minimum Gasteiger partial charge on any atom is -0.360 e. The molecule has 3 aliphatic rings. The molecule has 2 fully saturated rings. The van der Waals surface area contributed by atoms with Crippen LogP contribution in [0.3, 0.4) is 0 Å². The Balaban J connectivity index is 1.53. The van der Waals surface area contributed by atoms with Crippen molar-refractivity contribution in [1.82, 2.24) is 5.32 Å². The normalized spacial score (nSPS) is 24.1. The van der Waals surface area contributed by atoms with E-state index in [9.17, 15) is 9.18 Å². The summed E-state index contributed by atoms with van der Waals surface area (Å²) in [6.45, 7) is 0. The molecule has 0 radical (unpaired) electrons. The molecule has 2 saturated carbocycles. The van der Waals surface area contributed by atoms with Gasteiger partial charge in [-0.25, -0.2) is 4.39 Å². The molecule has 4 nitrogen and oxygen atoms in total. The molecule has 182 valence electrons. The third-order valence-corrected chi connectivity index (χ3v) is 8.28. The molecular formula is C28H35ClFN3O. The molecule has 0 bridgehead atoms. The second kappa shape index (κ2) is 10.2. The van der Waals surface area contributed by atoms with Gasteiger partial charge in [0.15, 0.2) is 0 Å². The number of carbonyl (C=O) groups excluding carboxylic acids is 1. The van der Waals surface area contributed by atoms with E-state index in [0.717, 1.165) is 49.8 Å². The van der Waals surface area contributed by atoms with Crippen LogP contribution in [0.15, 0.2) is 42.5 Å². The lowest BCUT2D eigenvalue weighted by atomic mass is 9.71. The Morgan fingerprint density at radius 1 is 0.971 bits per heavy atom. The van der Waals surface area contributed by atoms with Crippen LogP contribution in [0.25, 0.3) is 0 Å². The molecule has 0 spiro atoms. The van der Waals surface area contributed by atoms with E-state index in [1.807, 2.05) is 18.2 Å². The molecular weight excluding hydrogens is 449 g/mol. The lowest BCUT2D eigenvalue weighted by molar-refractivity contribution is -0.130. The quantitative estimate of drug-likeness (QED) is 0.418. The lowest BCUT2D eigenvalue weighted by Crippen LogP contribution is -2.60. The highest BCUT2D eigenvalue weighted by atomic mass is 35.5. The maximum absolute atomic E-state index is 14.4. The number of amides is 1. The van der Waals surface area contributed by atoms with Crippen LogP contribution in [0, 0.1) is 17.7 Å². The Morgan fingerprint density at radius 3 is 2.26 bits per heavy atom. The van der Waals surface area contributed by atoms with Crippen LogP contribution >= 0.6 is 11.6 Å². The smallest absolute Gasteiger partial charge is 0.227 e. The van der Waals surface area contributed by atoms with Gasteiger partial charge >= 0.3 is 0 Å². The molecule has 3 N–H and O–H groups in total. The summed E-state index contributed by atoms with van der Waals surface area (Å²) in [5.41, 5.74) is 1.81. The third kappa shape index (κ3) is 4.91. The highest BCUT2D eigenvalue weighted by molar-refractivity contribution is 6.31. The highest BCUT2D eigenvalue weighted by Crippen LogP contribution is 2.46. The van der Waals surface area contributed by atoms with Gasteiger partial charge in [0.05, 0.1) is 22.3 Å². The second-order valence-electron chi connectivity index (χ2n) is 10.4. The Labute approximate surface area is 207 Å². The average Bonchev–Trinajstić information content (AvgIpc) is 3.18. The summed E-state index contributed by atoms with van der Waals surface area (Å²) in [6, 6.07) is 13.6. The highest BCUT2D eigenvalue weighted by Gasteiger charge is 2.51. The van der Waals surface area contributed by atoms with Crippen molar-refractivity contribution in [2.45, 2.75) is 82.3 Å². The lowest BCUT2D eigenvalue weighted by Gasteiger charge is -2.44. The summed E-state index contributed by atoms with van der Waals surface area (Å²) in [5.74, 6) is -0.361. The largest absolute Gasteiger partial charge is 0.360 e. The monoisotopic (exact) mass is 483 g/mol. The molecule has 0 aromatic heterocycles. The van der Waals surface area contributed by atoms with Crippen LogP contribution in [0.5, 0.6) is 0 Å². The van der Waals surface area contributed by atoms with Gasteiger partial charge in [0.25, 0.3) is 0 Å². The molecule has 1 heterocycles. The van der Waals surface area contributed by atoms with Crippen LogP contribution in [-0.4, -0.2) is 17.6 Å². The van der Waals surface area contributed by atoms with Gasteiger partial charge in [0.1, 0.15) is 11.5 Å². The van der Waals surface area contributed by atoms with Gasteiger partial charge in [-0.1, -0.05) is 80.5 Å². The van der Waals surface area contributed by atoms with E-state index in [4.69, 9.17) is 11.6 Å². The first-order valence-electron chi connectivity index (χ1n) is 12.9. The average molecular weight is 484 g/mol. The van der Waals surface area contributed by atoms with Crippen LogP contribution in [0.2, 0.25) is 5.02 Å². The van der Waals surface area contributed by atoms with E-state index < -0.39 is 11.5 Å². The van der Waals surface area contributed by atoms with Crippen LogP contribution < -0.4 is 16.0 Å². The number of carbonyl (C=O) groups is 1. The number of fused-ring (bicyclic) bond motifs is 1. The Hall–Kier alpha value is -2.27. The minimum atomic E-state index is -0.748. The van der Waals surface area contributed by atoms with Gasteiger partial charge in [-0.3, -0.25) is 4.79 Å². The molecule has 2 unspecified atom stereocenters.